The number of amides is 1. The molecule has 1 amide bonds. The molecule has 0 aliphatic heterocycles. The molecule has 26 heavy (non-hydrogen) atoms. The van der Waals surface area contributed by atoms with Crippen LogP contribution in [0.25, 0.3) is 10.9 Å². The lowest BCUT2D eigenvalue weighted by atomic mass is 10.1. The summed E-state index contributed by atoms with van der Waals surface area (Å²) in [6, 6.07) is 9.65. The number of fused-ring (bicyclic) bond motifs is 1. The first-order valence-electron chi connectivity index (χ1n) is 7.57. The molecule has 132 valence electrons. The Bertz CT molecular complexity index is 1070. The van der Waals surface area contributed by atoms with Crippen LogP contribution in [0.5, 0.6) is 0 Å². The quantitative estimate of drug-likeness (QED) is 0.727. The minimum atomic E-state index is -0.734. The molecule has 0 spiro atoms. The number of hydrogen-bond donors (Lipinski definition) is 1. The maximum atomic E-state index is 13.5. The molecule has 0 fully saturated rings. The number of carbonyl (C=O) groups is 2. The van der Waals surface area contributed by atoms with Crippen LogP contribution in [0.1, 0.15) is 20.8 Å². The molecule has 2 aromatic carbocycles. The van der Waals surface area contributed by atoms with Crippen molar-refractivity contribution in [1.29, 1.82) is 0 Å². The van der Waals surface area contributed by atoms with Crippen molar-refractivity contribution < 1.29 is 18.7 Å². The van der Waals surface area contributed by atoms with Crippen molar-refractivity contribution in [3.8, 4) is 0 Å². The molecule has 0 unspecified atom stereocenters. The fourth-order valence-corrected chi connectivity index (χ4v) is 2.50. The summed E-state index contributed by atoms with van der Waals surface area (Å²) < 4.78 is 19.4. The van der Waals surface area contributed by atoms with Crippen LogP contribution in [0.3, 0.4) is 0 Å². The number of anilines is 1. The molecule has 0 saturated carbocycles. The topological polar surface area (TPSA) is 90.3 Å². The van der Waals surface area contributed by atoms with Crippen LogP contribution in [0.2, 0.25) is 0 Å². The zero-order valence-electron chi connectivity index (χ0n) is 13.9. The predicted molar refractivity (Wildman–Crippen MR) is 92.7 cm³/mol. The van der Waals surface area contributed by atoms with Crippen LogP contribution in [0.15, 0.2) is 47.3 Å². The highest BCUT2D eigenvalue weighted by Gasteiger charge is 2.17. The molecule has 0 atom stereocenters. The van der Waals surface area contributed by atoms with Gasteiger partial charge in [-0.15, -0.1) is 0 Å². The Morgan fingerprint density at radius 3 is 2.50 bits per heavy atom. The van der Waals surface area contributed by atoms with Crippen LogP contribution >= 0.6 is 0 Å². The number of methoxy groups -OCH3 is 1. The van der Waals surface area contributed by atoms with E-state index in [4.69, 9.17) is 0 Å². The summed E-state index contributed by atoms with van der Waals surface area (Å²) in [6.45, 7) is 0. The van der Waals surface area contributed by atoms with Gasteiger partial charge in [0, 0.05) is 12.7 Å². The van der Waals surface area contributed by atoms with Crippen LogP contribution in [-0.4, -0.2) is 28.8 Å². The smallest absolute Gasteiger partial charge is 0.337 e. The number of carbonyl (C=O) groups excluding carboxylic acids is 2. The van der Waals surface area contributed by atoms with Crippen molar-refractivity contribution in [2.75, 3.05) is 12.4 Å². The van der Waals surface area contributed by atoms with Crippen molar-refractivity contribution in [2.24, 2.45) is 7.05 Å². The van der Waals surface area contributed by atoms with Crippen LogP contribution < -0.4 is 10.7 Å². The molecule has 3 aromatic rings. The van der Waals surface area contributed by atoms with Crippen molar-refractivity contribution in [3.05, 3.63) is 69.8 Å². The minimum Gasteiger partial charge on any atom is -0.465 e. The van der Waals surface area contributed by atoms with Crippen LogP contribution in [0, 0.1) is 5.82 Å². The lowest BCUT2D eigenvalue weighted by Crippen LogP contribution is -2.26. The number of rotatable bonds is 3. The highest BCUT2D eigenvalue weighted by Crippen LogP contribution is 2.13. The summed E-state index contributed by atoms with van der Waals surface area (Å²) in [7, 11) is 2.82. The summed E-state index contributed by atoms with van der Waals surface area (Å²) in [6.07, 6.45) is 0. The number of ether oxygens (including phenoxy) is 1. The lowest BCUT2D eigenvalue weighted by Gasteiger charge is -2.09. The van der Waals surface area contributed by atoms with Crippen molar-refractivity contribution in [3.63, 3.8) is 0 Å². The van der Waals surface area contributed by atoms with Gasteiger partial charge < -0.3 is 10.1 Å². The van der Waals surface area contributed by atoms with Crippen molar-refractivity contribution in [1.82, 2.24) is 9.78 Å². The third kappa shape index (κ3) is 3.16. The number of aryl methyl sites for hydroxylation is 1. The summed E-state index contributed by atoms with van der Waals surface area (Å²) in [5, 5.41) is 6.57. The molecule has 0 saturated heterocycles. The molecule has 0 aliphatic rings. The van der Waals surface area contributed by atoms with E-state index in [2.05, 4.69) is 15.2 Å². The predicted octanol–water partition coefficient (Wildman–Crippen LogP) is 2.11. The molecule has 3 rings (SSSR count). The largest absolute Gasteiger partial charge is 0.465 e. The fraction of sp³-hybridized carbons (Fsp3) is 0.111. The Balaban J connectivity index is 1.94. The standard InChI is InChI=1S/C18H14FN3O4/c1-22-14-8-5-11(19)9-13(14)16(23)15(21-22)17(24)20-12-6-3-10(4-7-12)18(25)26-2/h3-9H,1-2H3,(H,20,24). The molecule has 1 N–H and O–H groups in total. The van der Waals surface area contributed by atoms with Crippen molar-refractivity contribution in [2.45, 2.75) is 0 Å². The Morgan fingerprint density at radius 1 is 1.15 bits per heavy atom. The van der Waals surface area contributed by atoms with Gasteiger partial charge in [-0.05, 0) is 42.5 Å². The Morgan fingerprint density at radius 2 is 1.85 bits per heavy atom. The van der Waals surface area contributed by atoms with E-state index in [9.17, 15) is 18.8 Å². The summed E-state index contributed by atoms with van der Waals surface area (Å²) in [5.41, 5.74) is 0.0749. The summed E-state index contributed by atoms with van der Waals surface area (Å²) in [5.74, 6) is -1.82. The zero-order chi connectivity index (χ0) is 18.8. The highest BCUT2D eigenvalue weighted by atomic mass is 19.1. The first-order chi connectivity index (χ1) is 12.4. The van der Waals surface area contributed by atoms with E-state index in [1.165, 1.54) is 48.2 Å². The maximum absolute atomic E-state index is 13.5. The summed E-state index contributed by atoms with van der Waals surface area (Å²) in [4.78, 5) is 36.3. The molecular weight excluding hydrogens is 341 g/mol. The van der Waals surface area contributed by atoms with Gasteiger partial charge >= 0.3 is 5.97 Å². The number of nitrogens with zero attached hydrogens (tertiary/aromatic N) is 2. The van der Waals surface area contributed by atoms with E-state index >= 15 is 0 Å². The summed E-state index contributed by atoms with van der Waals surface area (Å²) >= 11 is 0. The molecule has 0 bridgehead atoms. The van der Waals surface area contributed by atoms with Gasteiger partial charge in [0.2, 0.25) is 5.43 Å². The first-order valence-corrected chi connectivity index (χ1v) is 7.57. The van der Waals surface area contributed by atoms with Gasteiger partial charge in [-0.25, -0.2) is 9.18 Å². The molecule has 1 heterocycles. The van der Waals surface area contributed by atoms with Gasteiger partial charge in [0.05, 0.1) is 23.6 Å². The average Bonchev–Trinajstić information content (AvgIpc) is 2.64. The molecule has 0 aliphatic carbocycles. The van der Waals surface area contributed by atoms with E-state index < -0.39 is 23.1 Å². The van der Waals surface area contributed by atoms with Gasteiger partial charge in [-0.2, -0.15) is 5.10 Å². The number of nitrogens with one attached hydrogen (secondary N) is 1. The van der Waals surface area contributed by atoms with E-state index in [0.717, 1.165) is 6.07 Å². The number of benzene rings is 2. The Kier molecular flexibility index (Phi) is 4.49. The lowest BCUT2D eigenvalue weighted by molar-refractivity contribution is 0.0600. The number of hydrogen-bond acceptors (Lipinski definition) is 5. The number of esters is 1. The second-order valence-corrected chi connectivity index (χ2v) is 5.49. The van der Waals surface area contributed by atoms with Gasteiger partial charge in [0.25, 0.3) is 5.91 Å². The number of halogens is 1. The Labute approximate surface area is 147 Å². The van der Waals surface area contributed by atoms with Crippen LogP contribution in [0.4, 0.5) is 10.1 Å². The zero-order valence-corrected chi connectivity index (χ0v) is 13.9. The van der Waals surface area contributed by atoms with E-state index in [1.54, 1.807) is 7.05 Å². The maximum Gasteiger partial charge on any atom is 0.337 e. The van der Waals surface area contributed by atoms with E-state index in [-0.39, 0.29) is 11.1 Å². The van der Waals surface area contributed by atoms with Gasteiger partial charge in [-0.1, -0.05) is 0 Å². The first kappa shape index (κ1) is 17.3. The minimum absolute atomic E-state index is 0.0636. The third-order valence-electron chi connectivity index (χ3n) is 3.80. The monoisotopic (exact) mass is 355 g/mol. The van der Waals surface area contributed by atoms with E-state index in [0.29, 0.717) is 16.8 Å². The van der Waals surface area contributed by atoms with Gasteiger partial charge in [-0.3, -0.25) is 14.3 Å². The molecular formula is C18H14FN3O4. The molecule has 7 nitrogen and oxygen atoms in total. The molecule has 8 heteroatoms. The molecule has 1 aromatic heterocycles. The normalized spacial score (nSPS) is 10.6. The third-order valence-corrected chi connectivity index (χ3v) is 3.80. The van der Waals surface area contributed by atoms with Crippen molar-refractivity contribution >= 4 is 28.5 Å². The fourth-order valence-electron chi connectivity index (χ4n) is 2.50. The highest BCUT2D eigenvalue weighted by molar-refractivity contribution is 6.04. The Hall–Kier alpha value is -3.55. The van der Waals surface area contributed by atoms with Gasteiger partial charge in [0.1, 0.15) is 5.82 Å². The average molecular weight is 355 g/mol. The second kappa shape index (κ2) is 6.75. The second-order valence-electron chi connectivity index (χ2n) is 5.49. The SMILES string of the molecule is COC(=O)c1ccc(NC(=O)c2nn(C)c3ccc(F)cc3c2=O)cc1. The molecule has 0 radical (unpaired) electrons. The van der Waals surface area contributed by atoms with Crippen LogP contribution in [-0.2, 0) is 11.8 Å². The number of aromatic nitrogens is 2. The van der Waals surface area contributed by atoms with Gasteiger partial charge in [0.15, 0.2) is 5.69 Å². The van der Waals surface area contributed by atoms with E-state index in [1.807, 2.05) is 0 Å².